The lowest BCUT2D eigenvalue weighted by molar-refractivity contribution is 0.195. The van der Waals surface area contributed by atoms with Crippen LogP contribution in [0.25, 0.3) is 27.5 Å². The molecule has 0 saturated heterocycles. The molecule has 56 heavy (non-hydrogen) atoms. The van der Waals surface area contributed by atoms with E-state index in [1.165, 1.54) is 108 Å². The van der Waals surface area contributed by atoms with Gasteiger partial charge in [0, 0.05) is 50.1 Å². The molecule has 1 aromatic heterocycles. The van der Waals surface area contributed by atoms with Crippen LogP contribution in [0.5, 0.6) is 0 Å². The fraction of sp³-hybridized carbons (Fsp3) is 0.280. The molecule has 0 bridgehead atoms. The standard InChI is InChI=1S/C50H52BN3Si2/c1-49-29-11-12-30-50(49,2)54-45-32-35(52(33-21-25-36(26-22-33)55(3,4)5)34-23-27-37(28-24-34)56(6,7)8)31-44-46(45)51(42-19-14-17-40(49)48(42)54)41-18-13-16-39-38-15-9-10-20-43(38)53(44)47(39)41/h9-10,13-28,31-32H,11-12,29-30H2,1-8H3. The minimum absolute atomic E-state index is 0.0328. The van der Waals surface area contributed by atoms with Crippen molar-refractivity contribution in [3.05, 3.63) is 127 Å². The number of anilines is 5. The number of nitrogens with zero attached hydrogens (tertiary/aromatic N) is 3. The van der Waals surface area contributed by atoms with Gasteiger partial charge in [-0.1, -0.05) is 148 Å². The molecular formula is C50H52BN3Si2. The minimum Gasteiger partial charge on any atom is -0.335 e. The average Bonchev–Trinajstić information content (AvgIpc) is 3.63. The maximum atomic E-state index is 2.87. The molecule has 1 aliphatic carbocycles. The predicted molar refractivity (Wildman–Crippen MR) is 249 cm³/mol. The van der Waals surface area contributed by atoms with Gasteiger partial charge in [0.25, 0.3) is 6.71 Å². The van der Waals surface area contributed by atoms with Gasteiger partial charge >= 0.3 is 0 Å². The molecule has 1 saturated carbocycles. The Morgan fingerprint density at radius 2 is 1.18 bits per heavy atom. The molecule has 11 rings (SSSR count). The highest BCUT2D eigenvalue weighted by Gasteiger charge is 2.61. The van der Waals surface area contributed by atoms with Crippen molar-refractivity contribution in [3.8, 4) is 5.69 Å². The summed E-state index contributed by atoms with van der Waals surface area (Å²) in [6, 6.07) is 47.8. The normalized spacial score (nSPS) is 20.6. The largest absolute Gasteiger partial charge is 0.335 e. The summed E-state index contributed by atoms with van der Waals surface area (Å²) in [5.41, 5.74) is 16.4. The van der Waals surface area contributed by atoms with Gasteiger partial charge in [-0.05, 0) is 84.2 Å². The summed E-state index contributed by atoms with van der Waals surface area (Å²) in [7, 11) is -2.98. The lowest BCUT2D eigenvalue weighted by atomic mass is 9.33. The number of para-hydroxylation sites is 3. The first-order valence-corrected chi connectivity index (χ1v) is 27.9. The van der Waals surface area contributed by atoms with E-state index in [2.05, 4.69) is 189 Å². The summed E-state index contributed by atoms with van der Waals surface area (Å²) in [5.74, 6) is 0. The monoisotopic (exact) mass is 761 g/mol. The van der Waals surface area contributed by atoms with Crippen molar-refractivity contribution in [1.82, 2.24) is 4.57 Å². The lowest BCUT2D eigenvalue weighted by Crippen LogP contribution is -2.64. The van der Waals surface area contributed by atoms with Crippen LogP contribution in [-0.2, 0) is 5.41 Å². The highest BCUT2D eigenvalue weighted by molar-refractivity contribution is 7.00. The summed E-state index contributed by atoms with van der Waals surface area (Å²) < 4.78 is 2.63. The molecule has 7 aromatic rings. The maximum Gasteiger partial charge on any atom is 0.252 e. The van der Waals surface area contributed by atoms with E-state index in [4.69, 9.17) is 0 Å². The molecule has 4 aliphatic rings. The quantitative estimate of drug-likeness (QED) is 0.162. The first kappa shape index (κ1) is 34.5. The highest BCUT2D eigenvalue weighted by atomic mass is 28.3. The fourth-order valence-corrected chi connectivity index (χ4v) is 13.8. The van der Waals surface area contributed by atoms with Gasteiger partial charge in [0.15, 0.2) is 0 Å². The van der Waals surface area contributed by atoms with E-state index in [1.54, 1.807) is 5.56 Å². The minimum atomic E-state index is -1.49. The zero-order chi connectivity index (χ0) is 38.5. The summed E-state index contributed by atoms with van der Waals surface area (Å²) >= 11 is 0. The Hall–Kier alpha value is -4.78. The van der Waals surface area contributed by atoms with Crippen molar-refractivity contribution in [1.29, 1.82) is 0 Å². The van der Waals surface area contributed by atoms with Crippen LogP contribution in [0, 0.1) is 0 Å². The van der Waals surface area contributed by atoms with Gasteiger partial charge < -0.3 is 14.4 Å². The van der Waals surface area contributed by atoms with E-state index in [9.17, 15) is 0 Å². The molecule has 278 valence electrons. The van der Waals surface area contributed by atoms with Crippen LogP contribution in [0.3, 0.4) is 0 Å². The van der Waals surface area contributed by atoms with Crippen LogP contribution in [0.2, 0.25) is 39.3 Å². The predicted octanol–water partition coefficient (Wildman–Crippen LogP) is 10.2. The summed E-state index contributed by atoms with van der Waals surface area (Å²) in [6.45, 7) is 20.0. The summed E-state index contributed by atoms with van der Waals surface area (Å²) in [4.78, 5) is 5.42. The number of benzene rings is 6. The number of rotatable bonds is 5. The number of hydrogen-bond acceptors (Lipinski definition) is 2. The number of fused-ring (bicyclic) bond motifs is 10. The van der Waals surface area contributed by atoms with Gasteiger partial charge in [-0.2, -0.15) is 0 Å². The van der Waals surface area contributed by atoms with Gasteiger partial charge in [-0.3, -0.25) is 0 Å². The smallest absolute Gasteiger partial charge is 0.252 e. The van der Waals surface area contributed by atoms with Gasteiger partial charge in [0.1, 0.15) is 0 Å². The second-order valence-corrected chi connectivity index (χ2v) is 29.9. The fourth-order valence-electron chi connectivity index (χ4n) is 11.5. The molecule has 1 fully saturated rings. The Labute approximate surface area is 335 Å². The summed E-state index contributed by atoms with van der Waals surface area (Å²) in [6.07, 6.45) is 4.97. The molecule has 0 spiro atoms. The van der Waals surface area contributed by atoms with Crippen LogP contribution < -0.4 is 36.6 Å². The zero-order valence-corrected chi connectivity index (χ0v) is 36.3. The van der Waals surface area contributed by atoms with Crippen LogP contribution in [0.4, 0.5) is 28.4 Å². The molecule has 3 aliphatic heterocycles. The highest BCUT2D eigenvalue weighted by Crippen LogP contribution is 2.61. The van der Waals surface area contributed by atoms with Crippen molar-refractivity contribution >= 4 is 99.9 Å². The SMILES string of the molecule is CC12CCCCC1(C)N1c3cc(N(c4ccc([Si](C)(C)C)cc4)c4ccc([Si](C)(C)C)cc4)cc4c3B(c3cccc2c31)c1cccc2c3ccccc3n-4c12. The topological polar surface area (TPSA) is 11.4 Å². The Bertz CT molecular complexity index is 2720. The average molecular weight is 762 g/mol. The number of aromatic nitrogens is 1. The van der Waals surface area contributed by atoms with E-state index in [1.807, 2.05) is 0 Å². The van der Waals surface area contributed by atoms with Crippen LogP contribution in [-0.4, -0.2) is 33.0 Å². The molecule has 4 heterocycles. The van der Waals surface area contributed by atoms with Gasteiger partial charge in [-0.15, -0.1) is 0 Å². The van der Waals surface area contributed by atoms with Crippen molar-refractivity contribution in [2.75, 3.05) is 9.80 Å². The first-order chi connectivity index (χ1) is 26.8. The van der Waals surface area contributed by atoms with Crippen molar-refractivity contribution in [2.24, 2.45) is 0 Å². The van der Waals surface area contributed by atoms with Crippen molar-refractivity contribution < 1.29 is 0 Å². The Morgan fingerprint density at radius 1 is 0.589 bits per heavy atom. The molecule has 0 N–H and O–H groups in total. The maximum absolute atomic E-state index is 2.87. The molecule has 2 unspecified atom stereocenters. The Morgan fingerprint density at radius 3 is 1.86 bits per heavy atom. The molecule has 6 aromatic carbocycles. The number of hydrogen-bond donors (Lipinski definition) is 0. The zero-order valence-electron chi connectivity index (χ0n) is 34.3. The van der Waals surface area contributed by atoms with E-state index in [-0.39, 0.29) is 17.7 Å². The Kier molecular flexibility index (Phi) is 7.03. The van der Waals surface area contributed by atoms with E-state index in [0.717, 1.165) is 0 Å². The Balaban J connectivity index is 1.26. The third-order valence-corrected chi connectivity index (χ3v) is 18.8. The van der Waals surface area contributed by atoms with Gasteiger partial charge in [0.2, 0.25) is 0 Å². The molecule has 2 atom stereocenters. The van der Waals surface area contributed by atoms with Crippen molar-refractivity contribution in [2.45, 2.75) is 89.8 Å². The second-order valence-electron chi connectivity index (χ2n) is 19.7. The summed E-state index contributed by atoms with van der Waals surface area (Å²) in [5, 5.41) is 5.65. The van der Waals surface area contributed by atoms with Crippen LogP contribution in [0.1, 0.15) is 45.1 Å². The third kappa shape index (κ3) is 4.46. The van der Waals surface area contributed by atoms with Crippen LogP contribution >= 0.6 is 0 Å². The van der Waals surface area contributed by atoms with E-state index < -0.39 is 16.1 Å². The molecule has 0 amide bonds. The molecule has 6 heteroatoms. The third-order valence-electron chi connectivity index (χ3n) is 14.6. The lowest BCUT2D eigenvalue weighted by Gasteiger charge is -2.52. The van der Waals surface area contributed by atoms with Crippen LogP contribution in [0.15, 0.2) is 121 Å². The van der Waals surface area contributed by atoms with E-state index in [0.29, 0.717) is 0 Å². The van der Waals surface area contributed by atoms with Crippen molar-refractivity contribution in [3.63, 3.8) is 0 Å². The van der Waals surface area contributed by atoms with Gasteiger partial charge in [-0.25, -0.2) is 0 Å². The molecule has 3 nitrogen and oxygen atoms in total. The molecule has 0 radical (unpaired) electrons. The molecular weight excluding hydrogens is 710 g/mol. The second kappa shape index (κ2) is 11.4. The van der Waals surface area contributed by atoms with Gasteiger partial charge in [0.05, 0.1) is 32.9 Å². The first-order valence-electron chi connectivity index (χ1n) is 20.9. The van der Waals surface area contributed by atoms with E-state index >= 15 is 0 Å².